The first-order valence-electron chi connectivity index (χ1n) is 4.00. The number of ether oxygens (including phenoxy) is 2. The molecule has 0 bridgehead atoms. The summed E-state index contributed by atoms with van der Waals surface area (Å²) in [7, 11) is 1.33. The third-order valence-corrected chi connectivity index (χ3v) is 1.53. The number of hydrogen-bond donors (Lipinski definition) is 1. The van der Waals surface area contributed by atoms with Crippen molar-refractivity contribution in [1.82, 2.24) is 4.98 Å². The van der Waals surface area contributed by atoms with E-state index in [1.807, 2.05) is 0 Å². The number of rotatable bonds is 3. The molecule has 0 aliphatic heterocycles. The molecule has 0 spiro atoms. The molecule has 1 N–H and O–H groups in total. The molecule has 0 saturated heterocycles. The summed E-state index contributed by atoms with van der Waals surface area (Å²) in [6.45, 7) is 1.21. The van der Waals surface area contributed by atoms with Crippen molar-refractivity contribution >= 4 is 11.9 Å². The second-order valence-electron chi connectivity index (χ2n) is 2.63. The van der Waals surface area contributed by atoms with Crippen LogP contribution in [0, 0.1) is 0 Å². The number of methoxy groups -OCH3 is 1. The van der Waals surface area contributed by atoms with Crippen LogP contribution in [0.2, 0.25) is 0 Å². The van der Waals surface area contributed by atoms with Gasteiger partial charge < -0.3 is 14.6 Å². The lowest BCUT2D eigenvalue weighted by molar-refractivity contribution is -0.132. The second kappa shape index (κ2) is 4.41. The largest absolute Gasteiger partial charge is 0.491 e. The van der Waals surface area contributed by atoms with Gasteiger partial charge in [0.15, 0.2) is 5.75 Å². The highest BCUT2D eigenvalue weighted by molar-refractivity contribution is 5.88. The van der Waals surface area contributed by atoms with Crippen LogP contribution in [0.4, 0.5) is 0 Å². The first-order valence-corrected chi connectivity index (χ1v) is 4.00. The zero-order chi connectivity index (χ0) is 11.4. The summed E-state index contributed by atoms with van der Waals surface area (Å²) in [5.74, 6) is -1.63. The molecule has 0 radical (unpaired) electrons. The molecule has 0 aliphatic carbocycles. The van der Waals surface area contributed by atoms with Crippen molar-refractivity contribution in [1.29, 1.82) is 0 Å². The lowest BCUT2D eigenvalue weighted by Gasteiger charge is -2.06. The van der Waals surface area contributed by atoms with Crippen molar-refractivity contribution < 1.29 is 24.2 Å². The van der Waals surface area contributed by atoms with E-state index >= 15 is 0 Å². The molecule has 1 aromatic heterocycles. The maximum absolute atomic E-state index is 10.7. The predicted octanol–water partition coefficient (Wildman–Crippen LogP) is 0.714. The van der Waals surface area contributed by atoms with Gasteiger partial charge in [-0.15, -0.1) is 0 Å². The Morgan fingerprint density at radius 1 is 1.47 bits per heavy atom. The SMILES string of the molecule is COc1cc(C(=O)O)cnc1OC(C)=O. The van der Waals surface area contributed by atoms with Gasteiger partial charge in [0.25, 0.3) is 5.88 Å². The van der Waals surface area contributed by atoms with Crippen molar-refractivity contribution in [2.45, 2.75) is 6.92 Å². The summed E-state index contributed by atoms with van der Waals surface area (Å²) in [4.78, 5) is 24.9. The summed E-state index contributed by atoms with van der Waals surface area (Å²) in [6.07, 6.45) is 1.09. The Bertz CT molecular complexity index is 401. The molecule has 1 rings (SSSR count). The van der Waals surface area contributed by atoms with Crippen LogP contribution < -0.4 is 9.47 Å². The smallest absolute Gasteiger partial charge is 0.337 e. The first-order chi connectivity index (χ1) is 7.04. The molecule has 0 amide bonds. The predicted molar refractivity (Wildman–Crippen MR) is 49.1 cm³/mol. The Balaban J connectivity index is 3.08. The lowest BCUT2D eigenvalue weighted by Crippen LogP contribution is -2.06. The molecule has 1 aromatic rings. The number of aromatic nitrogens is 1. The Hall–Kier alpha value is -2.11. The Kier molecular flexibility index (Phi) is 3.22. The van der Waals surface area contributed by atoms with Gasteiger partial charge in [-0.2, -0.15) is 0 Å². The van der Waals surface area contributed by atoms with E-state index in [1.54, 1.807) is 0 Å². The molecule has 0 atom stereocenters. The number of carboxylic acid groups (broad SMARTS) is 1. The molecule has 0 aromatic carbocycles. The van der Waals surface area contributed by atoms with Gasteiger partial charge in [-0.05, 0) is 0 Å². The van der Waals surface area contributed by atoms with E-state index in [9.17, 15) is 9.59 Å². The fourth-order valence-electron chi connectivity index (χ4n) is 0.908. The lowest BCUT2D eigenvalue weighted by atomic mass is 10.3. The monoisotopic (exact) mass is 211 g/mol. The van der Waals surface area contributed by atoms with E-state index in [0.717, 1.165) is 6.20 Å². The van der Waals surface area contributed by atoms with Crippen molar-refractivity contribution in [2.75, 3.05) is 7.11 Å². The third kappa shape index (κ3) is 2.67. The van der Waals surface area contributed by atoms with Gasteiger partial charge in [0, 0.05) is 19.2 Å². The molecule has 0 fully saturated rings. The molecule has 0 aliphatic rings. The fraction of sp³-hybridized carbons (Fsp3) is 0.222. The Morgan fingerprint density at radius 2 is 2.13 bits per heavy atom. The number of aromatic carboxylic acids is 1. The average molecular weight is 211 g/mol. The number of carbonyl (C=O) groups is 2. The Morgan fingerprint density at radius 3 is 2.60 bits per heavy atom. The van der Waals surface area contributed by atoms with Gasteiger partial charge in [0.2, 0.25) is 0 Å². The molecule has 80 valence electrons. The number of carboxylic acids is 1. The minimum atomic E-state index is -1.13. The summed E-state index contributed by atoms with van der Waals surface area (Å²) in [5, 5.41) is 8.67. The maximum Gasteiger partial charge on any atom is 0.337 e. The minimum Gasteiger partial charge on any atom is -0.491 e. The number of carbonyl (C=O) groups excluding carboxylic acids is 1. The molecule has 15 heavy (non-hydrogen) atoms. The van der Waals surface area contributed by atoms with Crippen LogP contribution in [0.1, 0.15) is 17.3 Å². The maximum atomic E-state index is 10.7. The number of nitrogens with zero attached hydrogens (tertiary/aromatic N) is 1. The van der Waals surface area contributed by atoms with Crippen molar-refractivity contribution in [3.8, 4) is 11.6 Å². The molecule has 6 heteroatoms. The van der Waals surface area contributed by atoms with Crippen LogP contribution in [-0.2, 0) is 4.79 Å². The van der Waals surface area contributed by atoms with Crippen LogP contribution in [0.15, 0.2) is 12.3 Å². The number of pyridine rings is 1. The van der Waals surface area contributed by atoms with Gasteiger partial charge in [0.05, 0.1) is 12.7 Å². The number of hydrogen-bond acceptors (Lipinski definition) is 5. The first kappa shape index (κ1) is 11.0. The summed E-state index contributed by atoms with van der Waals surface area (Å²) < 4.78 is 9.54. The van der Waals surface area contributed by atoms with Gasteiger partial charge in [-0.25, -0.2) is 9.78 Å². The Labute approximate surface area is 85.5 Å². The summed E-state index contributed by atoms with van der Waals surface area (Å²) >= 11 is 0. The van der Waals surface area contributed by atoms with E-state index in [2.05, 4.69) is 4.98 Å². The van der Waals surface area contributed by atoms with E-state index in [4.69, 9.17) is 14.6 Å². The molecular formula is C9H9NO5. The third-order valence-electron chi connectivity index (χ3n) is 1.53. The quantitative estimate of drug-likeness (QED) is 0.741. The molecular weight excluding hydrogens is 202 g/mol. The van der Waals surface area contributed by atoms with Gasteiger partial charge in [-0.1, -0.05) is 0 Å². The van der Waals surface area contributed by atoms with Crippen LogP contribution in [0.3, 0.4) is 0 Å². The van der Waals surface area contributed by atoms with Crippen molar-refractivity contribution in [2.24, 2.45) is 0 Å². The van der Waals surface area contributed by atoms with Gasteiger partial charge in [0.1, 0.15) is 0 Å². The zero-order valence-electron chi connectivity index (χ0n) is 8.18. The standard InChI is InChI=1S/C9H9NO5/c1-5(11)15-8-7(14-2)3-6(4-10-8)9(12)13/h3-4H,1-2H3,(H,12,13). The normalized spacial score (nSPS) is 9.47. The van der Waals surface area contributed by atoms with Gasteiger partial charge >= 0.3 is 11.9 Å². The minimum absolute atomic E-state index is 0.0391. The second-order valence-corrected chi connectivity index (χ2v) is 2.63. The highest BCUT2D eigenvalue weighted by Gasteiger charge is 2.12. The zero-order valence-corrected chi connectivity index (χ0v) is 8.18. The highest BCUT2D eigenvalue weighted by Crippen LogP contribution is 2.24. The van der Waals surface area contributed by atoms with Crippen molar-refractivity contribution in [3.63, 3.8) is 0 Å². The highest BCUT2D eigenvalue weighted by atomic mass is 16.6. The summed E-state index contributed by atoms with van der Waals surface area (Å²) in [5.41, 5.74) is -0.0391. The van der Waals surface area contributed by atoms with E-state index in [-0.39, 0.29) is 17.2 Å². The van der Waals surface area contributed by atoms with E-state index < -0.39 is 11.9 Å². The van der Waals surface area contributed by atoms with Gasteiger partial charge in [-0.3, -0.25) is 4.79 Å². The molecule has 6 nitrogen and oxygen atoms in total. The fourth-order valence-corrected chi connectivity index (χ4v) is 0.908. The summed E-state index contributed by atoms with van der Waals surface area (Å²) in [6, 6.07) is 1.23. The molecule has 0 saturated carbocycles. The average Bonchev–Trinajstić information content (AvgIpc) is 2.17. The molecule has 0 unspecified atom stereocenters. The van der Waals surface area contributed by atoms with Crippen LogP contribution in [-0.4, -0.2) is 29.1 Å². The molecule has 1 heterocycles. The topological polar surface area (TPSA) is 85.7 Å². The number of esters is 1. The van der Waals surface area contributed by atoms with Crippen LogP contribution in [0.5, 0.6) is 11.6 Å². The van der Waals surface area contributed by atoms with Crippen LogP contribution >= 0.6 is 0 Å². The van der Waals surface area contributed by atoms with Crippen molar-refractivity contribution in [3.05, 3.63) is 17.8 Å². The van der Waals surface area contributed by atoms with E-state index in [0.29, 0.717) is 0 Å². The van der Waals surface area contributed by atoms with Crippen LogP contribution in [0.25, 0.3) is 0 Å². The van der Waals surface area contributed by atoms with E-state index in [1.165, 1.54) is 20.1 Å².